The largest absolute Gasteiger partial charge is 0.495 e. The monoisotopic (exact) mass is 726 g/mol. The summed E-state index contributed by atoms with van der Waals surface area (Å²) in [7, 11) is 1.48. The first-order valence-electron chi connectivity index (χ1n) is 10.5. The number of aromatic nitrogens is 1. The van der Waals surface area contributed by atoms with Gasteiger partial charge < -0.3 is 9.47 Å². The maximum absolute atomic E-state index is 14.2. The van der Waals surface area contributed by atoms with Crippen molar-refractivity contribution in [1.29, 1.82) is 0 Å². The van der Waals surface area contributed by atoms with Crippen molar-refractivity contribution in [2.75, 3.05) is 13.7 Å². The van der Waals surface area contributed by atoms with Crippen molar-refractivity contribution in [2.45, 2.75) is 19.1 Å². The zero-order valence-electron chi connectivity index (χ0n) is 19.0. The van der Waals surface area contributed by atoms with Gasteiger partial charge in [0, 0.05) is 15.1 Å². The molecule has 1 aromatic heterocycles. The number of benzene rings is 2. The lowest BCUT2D eigenvalue weighted by atomic mass is 9.95. The topological polar surface area (TPSA) is 69.9 Å². The van der Waals surface area contributed by atoms with Gasteiger partial charge in [0.1, 0.15) is 5.75 Å². The van der Waals surface area contributed by atoms with E-state index in [-0.39, 0.29) is 21.5 Å². The van der Waals surface area contributed by atoms with E-state index in [1.54, 1.807) is 6.07 Å². The first-order chi connectivity index (χ1) is 17.5. The van der Waals surface area contributed by atoms with E-state index in [2.05, 4.69) is 43.5 Å². The van der Waals surface area contributed by atoms with E-state index in [4.69, 9.17) is 21.1 Å². The summed E-state index contributed by atoms with van der Waals surface area (Å²) >= 11 is 12.3. The highest BCUT2D eigenvalue weighted by Gasteiger charge is 2.45. The van der Waals surface area contributed by atoms with Crippen molar-refractivity contribution in [2.24, 2.45) is 4.99 Å². The van der Waals surface area contributed by atoms with Gasteiger partial charge in [-0.3, -0.25) is 9.36 Å². The average molecular weight is 728 g/mol. The minimum absolute atomic E-state index is 0.108. The van der Waals surface area contributed by atoms with Crippen molar-refractivity contribution >= 4 is 73.5 Å². The lowest BCUT2D eigenvalue weighted by molar-refractivity contribution is -0.140. The van der Waals surface area contributed by atoms with Crippen molar-refractivity contribution in [3.63, 3.8) is 0 Å². The Balaban J connectivity index is 2.07. The van der Waals surface area contributed by atoms with Crippen molar-refractivity contribution < 1.29 is 27.4 Å². The highest BCUT2D eigenvalue weighted by Crippen LogP contribution is 2.38. The van der Waals surface area contributed by atoms with Crippen molar-refractivity contribution in [3.05, 3.63) is 91.5 Å². The lowest BCUT2D eigenvalue weighted by Crippen LogP contribution is -2.41. The maximum atomic E-state index is 14.2. The number of thiazole rings is 1. The molecule has 0 fully saturated rings. The molecule has 37 heavy (non-hydrogen) atoms. The highest BCUT2D eigenvalue weighted by molar-refractivity contribution is 14.1. The number of fused-ring (bicyclic) bond motifs is 1. The Labute approximate surface area is 239 Å². The molecular weight excluding hydrogens is 712 g/mol. The third-order valence-electron chi connectivity index (χ3n) is 5.31. The lowest BCUT2D eigenvalue weighted by Gasteiger charge is -2.26. The molecule has 13 heteroatoms. The molecule has 1 atom stereocenters. The molecule has 2 aromatic carbocycles. The van der Waals surface area contributed by atoms with Crippen LogP contribution < -0.4 is 19.6 Å². The number of alkyl halides is 3. The van der Waals surface area contributed by atoms with E-state index in [0.717, 1.165) is 23.9 Å². The van der Waals surface area contributed by atoms with Crippen LogP contribution in [0.1, 0.15) is 24.1 Å². The standard InChI is InChI=1S/C24H16BrClF3IN2O4S/c1-3-36-22(34)17-18(11-4-6-14(26)7-5-11)32-21(33)16(37-23(32)31-20(17)24(27,28)29)9-12-8-13(25)10-15(30)19(12)35-2/h4-10,18H,3H2,1-2H3/b16-9-/t18-/m0/s1. The molecule has 194 valence electrons. The third kappa shape index (κ3) is 5.52. The smallest absolute Gasteiger partial charge is 0.434 e. The summed E-state index contributed by atoms with van der Waals surface area (Å²) in [5.74, 6) is -0.719. The summed E-state index contributed by atoms with van der Waals surface area (Å²) in [4.78, 5) is 30.1. The molecule has 0 aliphatic carbocycles. The molecule has 4 rings (SSSR count). The summed E-state index contributed by atoms with van der Waals surface area (Å²) in [6, 6.07) is 7.97. The molecule has 0 N–H and O–H groups in total. The van der Waals surface area contributed by atoms with Crippen LogP contribution in [0.3, 0.4) is 0 Å². The molecule has 2 heterocycles. The van der Waals surface area contributed by atoms with E-state index in [1.165, 1.54) is 44.4 Å². The Morgan fingerprint density at radius 2 is 1.97 bits per heavy atom. The molecule has 0 saturated heterocycles. The van der Waals surface area contributed by atoms with Gasteiger partial charge in [0.25, 0.3) is 5.56 Å². The van der Waals surface area contributed by atoms with Crippen LogP contribution in [0.25, 0.3) is 6.08 Å². The van der Waals surface area contributed by atoms with Crippen LogP contribution in [0.2, 0.25) is 5.02 Å². The first-order valence-corrected chi connectivity index (χ1v) is 13.6. The SMILES string of the molecule is CCOC(=O)C1=C(C(F)(F)F)N=c2s/c(=C\c3cc(Br)cc(I)c3OC)c(=O)n2[C@H]1c1ccc(Cl)cc1. The third-order valence-corrected chi connectivity index (χ3v) is 7.80. The molecule has 1 aliphatic rings. The van der Waals surface area contributed by atoms with Gasteiger partial charge in [0.2, 0.25) is 0 Å². The molecule has 0 radical (unpaired) electrons. The Morgan fingerprint density at radius 3 is 2.57 bits per heavy atom. The second-order valence-electron chi connectivity index (χ2n) is 7.62. The fraction of sp³-hybridized carbons (Fsp3) is 0.208. The quantitative estimate of drug-likeness (QED) is 0.262. The van der Waals surface area contributed by atoms with Crippen LogP contribution in [0.15, 0.2) is 61.9 Å². The molecule has 0 spiro atoms. The van der Waals surface area contributed by atoms with Crippen LogP contribution >= 0.6 is 61.5 Å². The number of hydrogen-bond acceptors (Lipinski definition) is 6. The Kier molecular flexibility index (Phi) is 8.22. The Morgan fingerprint density at radius 1 is 1.30 bits per heavy atom. The van der Waals surface area contributed by atoms with Gasteiger partial charge in [-0.2, -0.15) is 13.2 Å². The Bertz CT molecular complexity index is 1600. The van der Waals surface area contributed by atoms with E-state index in [0.29, 0.717) is 16.3 Å². The molecular formula is C24H16BrClF3IN2O4S. The number of carbonyl (C=O) groups is 1. The number of hydrogen-bond donors (Lipinski definition) is 0. The zero-order valence-corrected chi connectivity index (χ0v) is 24.3. The molecule has 0 bridgehead atoms. The number of esters is 1. The average Bonchev–Trinajstić information content (AvgIpc) is 3.13. The maximum Gasteiger partial charge on any atom is 0.434 e. The molecule has 0 saturated carbocycles. The summed E-state index contributed by atoms with van der Waals surface area (Å²) in [6.45, 7) is 1.32. The molecule has 0 amide bonds. The number of ether oxygens (including phenoxy) is 2. The molecule has 1 aliphatic heterocycles. The van der Waals surface area contributed by atoms with Gasteiger partial charge in [-0.1, -0.05) is 51.0 Å². The van der Waals surface area contributed by atoms with Gasteiger partial charge in [-0.05, 0) is 65.4 Å². The van der Waals surface area contributed by atoms with E-state index < -0.39 is 35.0 Å². The number of halogens is 6. The minimum Gasteiger partial charge on any atom is -0.495 e. The predicted octanol–water partition coefficient (Wildman–Crippen LogP) is 5.37. The van der Waals surface area contributed by atoms with Gasteiger partial charge in [-0.15, -0.1) is 0 Å². The summed E-state index contributed by atoms with van der Waals surface area (Å²) < 4.78 is 55.7. The van der Waals surface area contributed by atoms with E-state index in [9.17, 15) is 22.8 Å². The van der Waals surface area contributed by atoms with Gasteiger partial charge in [-0.25, -0.2) is 9.79 Å². The van der Waals surface area contributed by atoms with Gasteiger partial charge >= 0.3 is 12.1 Å². The highest BCUT2D eigenvalue weighted by atomic mass is 127. The molecule has 0 unspecified atom stereocenters. The fourth-order valence-electron chi connectivity index (χ4n) is 3.84. The van der Waals surface area contributed by atoms with Gasteiger partial charge in [0.15, 0.2) is 10.5 Å². The first kappa shape index (κ1) is 27.9. The summed E-state index contributed by atoms with van der Waals surface area (Å²) in [5.41, 5.74) is -2.02. The number of rotatable bonds is 5. The zero-order chi connectivity index (χ0) is 27.1. The van der Waals surface area contributed by atoms with Crippen LogP contribution in [0, 0.1) is 3.57 Å². The minimum atomic E-state index is -4.98. The van der Waals surface area contributed by atoms with Crippen LogP contribution in [0.4, 0.5) is 13.2 Å². The Hall–Kier alpha value is -2.16. The number of allylic oxidation sites excluding steroid dienone is 1. The number of carbonyl (C=O) groups excluding carboxylic acids is 1. The summed E-state index contributed by atoms with van der Waals surface area (Å²) in [5, 5.41) is 0.338. The molecule has 3 aromatic rings. The van der Waals surface area contributed by atoms with E-state index in [1.807, 2.05) is 6.07 Å². The normalized spacial score (nSPS) is 15.9. The number of nitrogens with zero attached hydrogens (tertiary/aromatic N) is 2. The predicted molar refractivity (Wildman–Crippen MR) is 146 cm³/mol. The van der Waals surface area contributed by atoms with Crippen molar-refractivity contribution in [1.82, 2.24) is 4.57 Å². The summed E-state index contributed by atoms with van der Waals surface area (Å²) in [6.07, 6.45) is -3.46. The van der Waals surface area contributed by atoms with Crippen LogP contribution in [-0.2, 0) is 9.53 Å². The van der Waals surface area contributed by atoms with E-state index >= 15 is 0 Å². The van der Waals surface area contributed by atoms with Crippen LogP contribution in [-0.4, -0.2) is 30.4 Å². The molecule has 6 nitrogen and oxygen atoms in total. The van der Waals surface area contributed by atoms with Crippen LogP contribution in [0.5, 0.6) is 5.75 Å². The fourth-order valence-corrected chi connectivity index (χ4v) is 6.73. The number of methoxy groups -OCH3 is 1. The second kappa shape index (κ2) is 10.9. The van der Waals surface area contributed by atoms with Crippen molar-refractivity contribution in [3.8, 4) is 5.75 Å². The van der Waals surface area contributed by atoms with Gasteiger partial charge in [0.05, 0.1) is 33.4 Å². The second-order valence-corrected chi connectivity index (χ2v) is 11.1.